The Labute approximate surface area is 138 Å². The van der Waals surface area contributed by atoms with Gasteiger partial charge in [0, 0.05) is 10.0 Å². The van der Waals surface area contributed by atoms with Gasteiger partial charge in [-0.15, -0.1) is 0 Å². The van der Waals surface area contributed by atoms with Crippen LogP contribution in [-0.4, -0.2) is 18.7 Å². The number of hydrogen-bond acceptors (Lipinski definition) is 3. The first-order valence-electron chi connectivity index (χ1n) is 7.01. The van der Waals surface area contributed by atoms with E-state index in [1.807, 2.05) is 36.4 Å². The molecule has 0 aliphatic carbocycles. The average molecular weight is 361 g/mol. The molecule has 22 heavy (non-hydrogen) atoms. The lowest BCUT2D eigenvalue weighted by molar-refractivity contribution is 0.0955. The molecular weight excluding hydrogens is 344 g/mol. The highest BCUT2D eigenvalue weighted by atomic mass is 79.9. The van der Waals surface area contributed by atoms with Crippen LogP contribution in [0.2, 0.25) is 0 Å². The Balaban J connectivity index is 1.89. The molecule has 0 aromatic heterocycles. The molecule has 0 bridgehead atoms. The highest BCUT2D eigenvalue weighted by Gasteiger charge is 2.02. The minimum absolute atomic E-state index is 0.244. The molecule has 1 N–H and O–H groups in total. The van der Waals surface area contributed by atoms with Crippen LogP contribution in [0.4, 0.5) is 0 Å². The third kappa shape index (κ3) is 5.00. The van der Waals surface area contributed by atoms with Gasteiger partial charge in [-0.2, -0.15) is 5.10 Å². The molecule has 2 aromatic carbocycles. The molecule has 0 spiro atoms. The van der Waals surface area contributed by atoms with Gasteiger partial charge < -0.3 is 4.74 Å². The summed E-state index contributed by atoms with van der Waals surface area (Å²) in [5, 5.41) is 3.96. The van der Waals surface area contributed by atoms with E-state index in [9.17, 15) is 4.79 Å². The van der Waals surface area contributed by atoms with Crippen LogP contribution in [-0.2, 0) is 0 Å². The summed E-state index contributed by atoms with van der Waals surface area (Å²) in [5.74, 6) is 0.588. The molecule has 0 aliphatic rings. The van der Waals surface area contributed by atoms with E-state index in [2.05, 4.69) is 33.4 Å². The number of nitrogens with one attached hydrogen (secondary N) is 1. The standard InChI is InChI=1S/C17H17BrN2O2/c1-2-11-22-16-9-3-13(4-10-16)12-19-20-17(21)14-5-7-15(18)8-6-14/h3-10,12H,2,11H2,1H3,(H,20,21). The zero-order valence-electron chi connectivity index (χ0n) is 12.3. The van der Waals surface area contributed by atoms with Crippen molar-refractivity contribution in [2.45, 2.75) is 13.3 Å². The van der Waals surface area contributed by atoms with Gasteiger partial charge >= 0.3 is 0 Å². The number of amides is 1. The van der Waals surface area contributed by atoms with Crippen molar-refractivity contribution in [2.75, 3.05) is 6.61 Å². The molecule has 5 heteroatoms. The number of carbonyl (C=O) groups is 1. The summed E-state index contributed by atoms with van der Waals surface area (Å²) in [6, 6.07) is 14.6. The van der Waals surface area contributed by atoms with Crippen LogP contribution < -0.4 is 10.2 Å². The Morgan fingerprint density at radius 3 is 2.50 bits per heavy atom. The number of hydrazone groups is 1. The van der Waals surface area contributed by atoms with Crippen LogP contribution in [0.25, 0.3) is 0 Å². The monoisotopic (exact) mass is 360 g/mol. The quantitative estimate of drug-likeness (QED) is 0.625. The maximum Gasteiger partial charge on any atom is 0.271 e. The van der Waals surface area contributed by atoms with E-state index in [1.54, 1.807) is 18.3 Å². The van der Waals surface area contributed by atoms with Gasteiger partial charge in [0.25, 0.3) is 5.91 Å². The van der Waals surface area contributed by atoms with Gasteiger partial charge in [-0.05, 0) is 60.5 Å². The molecule has 114 valence electrons. The smallest absolute Gasteiger partial charge is 0.271 e. The second-order valence-electron chi connectivity index (χ2n) is 4.62. The fourth-order valence-electron chi connectivity index (χ4n) is 1.70. The minimum Gasteiger partial charge on any atom is -0.494 e. The summed E-state index contributed by atoms with van der Waals surface area (Å²) in [5.41, 5.74) is 3.95. The van der Waals surface area contributed by atoms with Crippen LogP contribution in [0, 0.1) is 0 Å². The number of benzene rings is 2. The van der Waals surface area contributed by atoms with Gasteiger partial charge in [0.15, 0.2) is 0 Å². The largest absolute Gasteiger partial charge is 0.494 e. The van der Waals surface area contributed by atoms with Crippen molar-refractivity contribution in [3.8, 4) is 5.75 Å². The predicted molar refractivity (Wildman–Crippen MR) is 91.4 cm³/mol. The molecule has 0 saturated carbocycles. The summed E-state index contributed by atoms with van der Waals surface area (Å²) in [6.45, 7) is 2.77. The zero-order valence-corrected chi connectivity index (χ0v) is 13.8. The first-order valence-corrected chi connectivity index (χ1v) is 7.80. The Bertz CT molecular complexity index is 637. The van der Waals surface area contributed by atoms with E-state index in [4.69, 9.17) is 4.74 Å². The van der Waals surface area contributed by atoms with E-state index in [1.165, 1.54) is 0 Å². The van der Waals surface area contributed by atoms with E-state index < -0.39 is 0 Å². The van der Waals surface area contributed by atoms with Crippen LogP contribution >= 0.6 is 15.9 Å². The number of halogens is 1. The summed E-state index contributed by atoms with van der Waals surface area (Å²) in [6.07, 6.45) is 2.58. The van der Waals surface area contributed by atoms with Crippen LogP contribution in [0.15, 0.2) is 58.1 Å². The minimum atomic E-state index is -0.244. The molecule has 4 nitrogen and oxygen atoms in total. The van der Waals surface area contributed by atoms with Crippen molar-refractivity contribution in [1.29, 1.82) is 0 Å². The van der Waals surface area contributed by atoms with Gasteiger partial charge in [0.1, 0.15) is 5.75 Å². The maximum absolute atomic E-state index is 11.9. The van der Waals surface area contributed by atoms with E-state index in [0.29, 0.717) is 12.2 Å². The first-order chi connectivity index (χ1) is 10.7. The molecule has 0 aliphatic heterocycles. The van der Waals surface area contributed by atoms with Gasteiger partial charge in [-0.1, -0.05) is 22.9 Å². The molecule has 2 aromatic rings. The summed E-state index contributed by atoms with van der Waals surface area (Å²) in [7, 11) is 0. The van der Waals surface area contributed by atoms with Crippen LogP contribution in [0.3, 0.4) is 0 Å². The number of ether oxygens (including phenoxy) is 1. The highest BCUT2D eigenvalue weighted by Crippen LogP contribution is 2.12. The summed E-state index contributed by atoms with van der Waals surface area (Å²) < 4.78 is 6.43. The average Bonchev–Trinajstić information content (AvgIpc) is 2.54. The molecule has 0 heterocycles. The molecule has 0 unspecified atom stereocenters. The Morgan fingerprint density at radius 2 is 1.86 bits per heavy atom. The fraction of sp³-hybridized carbons (Fsp3) is 0.176. The van der Waals surface area contributed by atoms with Crippen molar-refractivity contribution >= 4 is 28.1 Å². The van der Waals surface area contributed by atoms with E-state index in [-0.39, 0.29) is 5.91 Å². The van der Waals surface area contributed by atoms with E-state index >= 15 is 0 Å². The summed E-state index contributed by atoms with van der Waals surface area (Å²) >= 11 is 3.33. The van der Waals surface area contributed by atoms with E-state index in [0.717, 1.165) is 22.2 Å². The lowest BCUT2D eigenvalue weighted by Crippen LogP contribution is -2.17. The molecule has 0 saturated heterocycles. The Morgan fingerprint density at radius 1 is 1.18 bits per heavy atom. The van der Waals surface area contributed by atoms with Gasteiger partial charge in [-0.3, -0.25) is 4.79 Å². The van der Waals surface area contributed by atoms with Gasteiger partial charge in [-0.25, -0.2) is 5.43 Å². The second kappa shape index (κ2) is 8.34. The first kappa shape index (κ1) is 16.2. The molecular formula is C17H17BrN2O2. The topological polar surface area (TPSA) is 50.7 Å². The third-order valence-corrected chi connectivity index (χ3v) is 3.37. The lowest BCUT2D eigenvalue weighted by Gasteiger charge is -2.04. The molecule has 0 atom stereocenters. The zero-order chi connectivity index (χ0) is 15.8. The third-order valence-electron chi connectivity index (χ3n) is 2.84. The SMILES string of the molecule is CCCOc1ccc(C=NNC(=O)c2ccc(Br)cc2)cc1. The van der Waals surface area contributed by atoms with Crippen molar-refractivity contribution < 1.29 is 9.53 Å². The highest BCUT2D eigenvalue weighted by molar-refractivity contribution is 9.10. The normalized spacial score (nSPS) is 10.6. The molecule has 1 amide bonds. The van der Waals surface area contributed by atoms with Gasteiger partial charge in [0.2, 0.25) is 0 Å². The Hall–Kier alpha value is -2.14. The molecule has 2 rings (SSSR count). The fourth-order valence-corrected chi connectivity index (χ4v) is 1.97. The van der Waals surface area contributed by atoms with Crippen LogP contribution in [0.1, 0.15) is 29.3 Å². The second-order valence-corrected chi connectivity index (χ2v) is 5.54. The van der Waals surface area contributed by atoms with Crippen molar-refractivity contribution in [3.05, 3.63) is 64.1 Å². The van der Waals surface area contributed by atoms with Gasteiger partial charge in [0.05, 0.1) is 12.8 Å². The number of hydrogen-bond donors (Lipinski definition) is 1. The number of rotatable bonds is 6. The number of nitrogens with zero attached hydrogens (tertiary/aromatic N) is 1. The van der Waals surface area contributed by atoms with Crippen molar-refractivity contribution in [3.63, 3.8) is 0 Å². The molecule has 0 fully saturated rings. The Kier molecular flexibility index (Phi) is 6.15. The predicted octanol–water partition coefficient (Wildman–Crippen LogP) is 4.00. The molecule has 0 radical (unpaired) electrons. The lowest BCUT2D eigenvalue weighted by atomic mass is 10.2. The summed E-state index contributed by atoms with van der Waals surface area (Å²) in [4.78, 5) is 11.9. The van der Waals surface area contributed by atoms with Crippen LogP contribution in [0.5, 0.6) is 5.75 Å². The number of carbonyl (C=O) groups excluding carboxylic acids is 1. The van der Waals surface area contributed by atoms with Crippen molar-refractivity contribution in [2.24, 2.45) is 5.10 Å². The van der Waals surface area contributed by atoms with Crippen molar-refractivity contribution in [1.82, 2.24) is 5.43 Å². The maximum atomic E-state index is 11.9.